The summed E-state index contributed by atoms with van der Waals surface area (Å²) in [5.41, 5.74) is 2.28. The van der Waals surface area contributed by atoms with E-state index in [4.69, 9.17) is 16.3 Å². The summed E-state index contributed by atoms with van der Waals surface area (Å²) in [6, 6.07) is 6.16. The Kier molecular flexibility index (Phi) is 7.10. The first-order valence-corrected chi connectivity index (χ1v) is 10.3. The van der Waals surface area contributed by atoms with Crippen LogP contribution < -0.4 is 10.3 Å². The second-order valence-electron chi connectivity index (χ2n) is 7.29. The molecule has 1 aliphatic rings. The van der Waals surface area contributed by atoms with E-state index in [2.05, 4.69) is 45.9 Å². The molecule has 0 amide bonds. The van der Waals surface area contributed by atoms with Gasteiger partial charge in [-0.25, -0.2) is 4.98 Å². The monoisotopic (exact) mass is 404 g/mol. The fourth-order valence-electron chi connectivity index (χ4n) is 3.33. The number of hydrogen-bond acceptors (Lipinski definition) is 5. The van der Waals surface area contributed by atoms with Gasteiger partial charge in [-0.2, -0.15) is 0 Å². The van der Waals surface area contributed by atoms with Crippen LogP contribution in [0.25, 0.3) is 11.4 Å². The summed E-state index contributed by atoms with van der Waals surface area (Å²) in [6.07, 6.45) is 1.51. The Balaban J connectivity index is 1.94. The first kappa shape index (κ1) is 20.8. The Bertz CT molecular complexity index is 860. The maximum Gasteiger partial charge on any atom is 0.270 e. The van der Waals surface area contributed by atoms with Gasteiger partial charge in [-0.3, -0.25) is 9.69 Å². The third-order valence-electron chi connectivity index (χ3n) is 5.03. The van der Waals surface area contributed by atoms with Crippen molar-refractivity contribution >= 4 is 11.6 Å². The molecule has 1 N–H and O–H groups in total. The second kappa shape index (κ2) is 9.54. The highest BCUT2D eigenvalue weighted by Crippen LogP contribution is 2.30. The lowest BCUT2D eigenvalue weighted by atomic mass is 10.1. The Morgan fingerprint density at radius 1 is 1.21 bits per heavy atom. The Hall–Kier alpha value is -1.89. The van der Waals surface area contributed by atoms with E-state index in [-0.39, 0.29) is 10.6 Å². The molecular weight excluding hydrogens is 376 g/mol. The average molecular weight is 405 g/mol. The lowest BCUT2D eigenvalue weighted by molar-refractivity contribution is 0.148. The number of H-pyrrole nitrogens is 1. The van der Waals surface area contributed by atoms with Gasteiger partial charge >= 0.3 is 0 Å². The van der Waals surface area contributed by atoms with Gasteiger partial charge < -0.3 is 14.6 Å². The van der Waals surface area contributed by atoms with Crippen LogP contribution in [0.5, 0.6) is 5.75 Å². The van der Waals surface area contributed by atoms with E-state index in [1.807, 2.05) is 13.0 Å². The minimum atomic E-state index is -0.311. The van der Waals surface area contributed by atoms with Crippen LogP contribution in [0, 0.1) is 0 Å². The molecule has 1 aliphatic heterocycles. The number of hydrogen-bond donors (Lipinski definition) is 1. The van der Waals surface area contributed by atoms with Gasteiger partial charge in [-0.15, -0.1) is 0 Å². The molecule has 1 fully saturated rings. The first-order chi connectivity index (χ1) is 13.5. The van der Waals surface area contributed by atoms with Gasteiger partial charge in [0.25, 0.3) is 5.56 Å². The summed E-state index contributed by atoms with van der Waals surface area (Å²) in [7, 11) is 2.16. The fourth-order valence-corrected chi connectivity index (χ4v) is 3.55. The normalized spacial score (nSPS) is 15.7. The van der Waals surface area contributed by atoms with Gasteiger partial charge in [0.2, 0.25) is 0 Å². The van der Waals surface area contributed by atoms with Crippen molar-refractivity contribution in [1.29, 1.82) is 0 Å². The van der Waals surface area contributed by atoms with Crippen LogP contribution in [0.2, 0.25) is 5.02 Å². The minimum absolute atomic E-state index is 0.163. The summed E-state index contributed by atoms with van der Waals surface area (Å²) in [5.74, 6) is 1.24. The molecule has 0 bridgehead atoms. The minimum Gasteiger partial charge on any atom is -0.493 e. The van der Waals surface area contributed by atoms with E-state index < -0.39 is 0 Å². The van der Waals surface area contributed by atoms with Crippen molar-refractivity contribution in [3.8, 4) is 17.1 Å². The van der Waals surface area contributed by atoms with Gasteiger partial charge in [0.15, 0.2) is 0 Å². The fraction of sp³-hybridized carbons (Fsp3) is 0.524. The van der Waals surface area contributed by atoms with Crippen LogP contribution in [0.15, 0.2) is 23.0 Å². The molecule has 7 heteroatoms. The van der Waals surface area contributed by atoms with E-state index >= 15 is 0 Å². The summed E-state index contributed by atoms with van der Waals surface area (Å²) in [4.78, 5) is 24.5. The smallest absolute Gasteiger partial charge is 0.270 e. The number of aromatic nitrogens is 2. The molecule has 2 heterocycles. The zero-order chi connectivity index (χ0) is 20.1. The van der Waals surface area contributed by atoms with Gasteiger partial charge in [-0.1, -0.05) is 31.5 Å². The van der Waals surface area contributed by atoms with Crippen LogP contribution >= 0.6 is 11.6 Å². The van der Waals surface area contributed by atoms with E-state index in [0.717, 1.165) is 50.5 Å². The number of nitrogens with zero attached hydrogens (tertiary/aromatic N) is 3. The Morgan fingerprint density at radius 3 is 2.64 bits per heavy atom. The largest absolute Gasteiger partial charge is 0.493 e. The summed E-state index contributed by atoms with van der Waals surface area (Å²) in [5, 5.41) is 0.163. The number of halogens is 1. The standard InChI is InChI=1S/C21H29ClN4O2/c1-4-12-28-18-7-6-15(14-26-10-8-25(3)9-11-26)13-16(18)20-23-17(5-2)19(22)21(27)24-20/h6-7,13H,4-5,8-12,14H2,1-3H3,(H,23,24,27). The highest BCUT2D eigenvalue weighted by atomic mass is 35.5. The van der Waals surface area contributed by atoms with E-state index in [0.29, 0.717) is 24.5 Å². The molecule has 0 aliphatic carbocycles. The zero-order valence-electron chi connectivity index (χ0n) is 16.9. The predicted octanol–water partition coefficient (Wildman–Crippen LogP) is 3.19. The number of ether oxygens (including phenoxy) is 1. The van der Waals surface area contributed by atoms with Gasteiger partial charge in [0, 0.05) is 32.7 Å². The van der Waals surface area contributed by atoms with Crippen molar-refractivity contribution in [2.75, 3.05) is 39.8 Å². The van der Waals surface area contributed by atoms with Crippen molar-refractivity contribution in [2.24, 2.45) is 0 Å². The maximum atomic E-state index is 12.3. The molecule has 1 aromatic heterocycles. The molecule has 1 saturated heterocycles. The number of nitrogens with one attached hydrogen (secondary N) is 1. The molecule has 28 heavy (non-hydrogen) atoms. The molecule has 3 rings (SSSR count). The quantitative estimate of drug-likeness (QED) is 0.767. The first-order valence-electron chi connectivity index (χ1n) is 9.97. The number of likely N-dealkylation sites (N-methyl/N-ethyl adjacent to an activating group) is 1. The number of piperazine rings is 1. The summed E-state index contributed by atoms with van der Waals surface area (Å²) < 4.78 is 5.93. The Labute approximate surface area is 171 Å². The zero-order valence-corrected chi connectivity index (χ0v) is 17.7. The summed E-state index contributed by atoms with van der Waals surface area (Å²) in [6.45, 7) is 9.75. The van der Waals surface area contributed by atoms with Crippen molar-refractivity contribution in [3.63, 3.8) is 0 Å². The number of aromatic amines is 1. The highest BCUT2D eigenvalue weighted by Gasteiger charge is 2.17. The molecule has 6 nitrogen and oxygen atoms in total. The molecule has 152 valence electrons. The summed E-state index contributed by atoms with van der Waals surface area (Å²) >= 11 is 6.10. The molecule has 2 aromatic rings. The lowest BCUT2D eigenvalue weighted by Gasteiger charge is -2.32. The molecule has 0 saturated carbocycles. The van der Waals surface area contributed by atoms with Crippen molar-refractivity contribution in [2.45, 2.75) is 33.2 Å². The molecular formula is C21H29ClN4O2. The third kappa shape index (κ3) is 4.93. The van der Waals surface area contributed by atoms with Crippen LogP contribution in [-0.4, -0.2) is 59.6 Å². The molecule has 0 unspecified atom stereocenters. The van der Waals surface area contributed by atoms with Crippen molar-refractivity contribution < 1.29 is 4.74 Å². The van der Waals surface area contributed by atoms with Crippen molar-refractivity contribution in [1.82, 2.24) is 19.8 Å². The topological polar surface area (TPSA) is 61.5 Å². The van der Waals surface area contributed by atoms with Gasteiger partial charge in [0.05, 0.1) is 17.9 Å². The Morgan fingerprint density at radius 2 is 1.96 bits per heavy atom. The number of benzene rings is 1. The molecule has 0 radical (unpaired) electrons. The number of rotatable bonds is 7. The molecule has 1 aromatic carbocycles. The lowest BCUT2D eigenvalue weighted by Crippen LogP contribution is -2.43. The molecule has 0 spiro atoms. The van der Waals surface area contributed by atoms with Crippen LogP contribution in [0.1, 0.15) is 31.5 Å². The van der Waals surface area contributed by atoms with Crippen molar-refractivity contribution in [3.05, 3.63) is 44.8 Å². The van der Waals surface area contributed by atoms with Crippen LogP contribution in [0.4, 0.5) is 0 Å². The van der Waals surface area contributed by atoms with Crippen LogP contribution in [-0.2, 0) is 13.0 Å². The van der Waals surface area contributed by atoms with E-state index in [1.165, 1.54) is 5.56 Å². The van der Waals surface area contributed by atoms with Crippen LogP contribution in [0.3, 0.4) is 0 Å². The number of aryl methyl sites for hydroxylation is 1. The predicted molar refractivity (Wildman–Crippen MR) is 113 cm³/mol. The highest BCUT2D eigenvalue weighted by molar-refractivity contribution is 6.31. The van der Waals surface area contributed by atoms with Gasteiger partial charge in [0.1, 0.15) is 16.6 Å². The molecule has 0 atom stereocenters. The van der Waals surface area contributed by atoms with E-state index in [9.17, 15) is 4.79 Å². The van der Waals surface area contributed by atoms with Gasteiger partial charge in [-0.05, 0) is 37.6 Å². The maximum absolute atomic E-state index is 12.3. The average Bonchev–Trinajstić information content (AvgIpc) is 2.70. The second-order valence-corrected chi connectivity index (χ2v) is 7.67. The third-order valence-corrected chi connectivity index (χ3v) is 5.42. The SMILES string of the molecule is CCCOc1ccc(CN2CCN(C)CC2)cc1-c1nc(CC)c(Cl)c(=O)[nH]1. The van der Waals surface area contributed by atoms with E-state index in [1.54, 1.807) is 0 Å².